The highest BCUT2D eigenvalue weighted by Crippen LogP contribution is 2.65. The van der Waals surface area contributed by atoms with E-state index >= 15 is 0 Å². The van der Waals surface area contributed by atoms with E-state index in [1.165, 1.54) is 13.8 Å². The van der Waals surface area contributed by atoms with Crippen LogP contribution in [-0.4, -0.2) is 53.2 Å². The van der Waals surface area contributed by atoms with Crippen molar-refractivity contribution in [3.05, 3.63) is 24.3 Å². The summed E-state index contributed by atoms with van der Waals surface area (Å²) in [6, 6.07) is 0. The molecular formula is C25H32O8. The standard InChI is InChI=1S/C25H32O8/c1-7-23(4)10-14-8-16(28)20-24(5)11-18(29)33-19(21(24)30)22(32-13(3)27)25(20,6)15(14)9-17(23)31-12(2)26/h7-8,15,17,19-22,30H,1,9-11H2,2-6H3/t15-,17+,19+,20+,21-,22-,23-,24+,25+/m1/s1. The van der Waals surface area contributed by atoms with Crippen LogP contribution in [0, 0.1) is 28.1 Å². The Balaban J connectivity index is 1.90. The Labute approximate surface area is 193 Å². The van der Waals surface area contributed by atoms with Gasteiger partial charge < -0.3 is 19.3 Å². The summed E-state index contributed by atoms with van der Waals surface area (Å²) in [5.74, 6) is -2.82. The van der Waals surface area contributed by atoms with Crippen LogP contribution in [0.3, 0.4) is 0 Å². The molecule has 1 heterocycles. The molecule has 0 aromatic heterocycles. The lowest BCUT2D eigenvalue weighted by molar-refractivity contribution is -0.273. The summed E-state index contributed by atoms with van der Waals surface area (Å²) in [5.41, 5.74) is -1.77. The maximum atomic E-state index is 13.6. The Morgan fingerprint density at radius 1 is 1.15 bits per heavy atom. The molecule has 2 saturated carbocycles. The van der Waals surface area contributed by atoms with Crippen molar-refractivity contribution in [3.8, 4) is 0 Å². The van der Waals surface area contributed by atoms with Crippen molar-refractivity contribution >= 4 is 23.7 Å². The van der Waals surface area contributed by atoms with Gasteiger partial charge in [0.1, 0.15) is 18.3 Å². The van der Waals surface area contributed by atoms with Crippen LogP contribution < -0.4 is 0 Å². The van der Waals surface area contributed by atoms with Crippen molar-refractivity contribution in [2.45, 2.75) is 78.3 Å². The van der Waals surface area contributed by atoms with E-state index < -0.39 is 64.5 Å². The molecule has 180 valence electrons. The first-order chi connectivity index (χ1) is 15.3. The van der Waals surface area contributed by atoms with Crippen molar-refractivity contribution < 1.29 is 38.5 Å². The molecule has 2 bridgehead atoms. The first-order valence-electron chi connectivity index (χ1n) is 11.4. The van der Waals surface area contributed by atoms with E-state index in [-0.39, 0.29) is 18.1 Å². The van der Waals surface area contributed by atoms with Crippen LogP contribution in [0.15, 0.2) is 24.3 Å². The Kier molecular flexibility index (Phi) is 5.39. The maximum absolute atomic E-state index is 13.6. The third kappa shape index (κ3) is 3.28. The lowest BCUT2D eigenvalue weighted by atomic mass is 9.42. The number of carbonyl (C=O) groups is 4. The van der Waals surface area contributed by atoms with Crippen molar-refractivity contribution in [1.82, 2.24) is 0 Å². The van der Waals surface area contributed by atoms with Gasteiger partial charge in [-0.05, 0) is 24.8 Å². The maximum Gasteiger partial charge on any atom is 0.306 e. The lowest BCUT2D eigenvalue weighted by Gasteiger charge is -2.65. The number of fused-ring (bicyclic) bond motifs is 6. The van der Waals surface area contributed by atoms with Crippen LogP contribution in [0.25, 0.3) is 0 Å². The van der Waals surface area contributed by atoms with E-state index in [1.54, 1.807) is 19.1 Å². The number of allylic oxidation sites excluding steroid dienone is 2. The van der Waals surface area contributed by atoms with Crippen LogP contribution in [-0.2, 0) is 33.4 Å². The minimum atomic E-state index is -1.16. The highest BCUT2D eigenvalue weighted by Gasteiger charge is 2.72. The number of ether oxygens (including phenoxy) is 3. The molecule has 9 atom stereocenters. The third-order valence-electron chi connectivity index (χ3n) is 8.62. The van der Waals surface area contributed by atoms with Gasteiger partial charge in [-0.15, -0.1) is 6.58 Å². The average molecular weight is 461 g/mol. The Morgan fingerprint density at radius 2 is 1.79 bits per heavy atom. The first-order valence-corrected chi connectivity index (χ1v) is 11.4. The van der Waals surface area contributed by atoms with Crippen molar-refractivity contribution in [3.63, 3.8) is 0 Å². The molecule has 0 amide bonds. The van der Waals surface area contributed by atoms with Gasteiger partial charge in [0.2, 0.25) is 0 Å². The zero-order chi connectivity index (χ0) is 24.5. The van der Waals surface area contributed by atoms with Crippen LogP contribution in [0.4, 0.5) is 0 Å². The number of esters is 3. The molecule has 0 spiro atoms. The van der Waals surface area contributed by atoms with Gasteiger partial charge in [-0.3, -0.25) is 19.2 Å². The largest absolute Gasteiger partial charge is 0.462 e. The van der Waals surface area contributed by atoms with Crippen LogP contribution in [0.2, 0.25) is 0 Å². The number of aliphatic hydroxyl groups is 1. The lowest BCUT2D eigenvalue weighted by Crippen LogP contribution is -2.74. The van der Waals surface area contributed by atoms with Crippen LogP contribution >= 0.6 is 0 Å². The third-order valence-corrected chi connectivity index (χ3v) is 8.62. The van der Waals surface area contributed by atoms with Crippen molar-refractivity contribution in [2.75, 3.05) is 0 Å². The first kappa shape index (κ1) is 23.7. The summed E-state index contributed by atoms with van der Waals surface area (Å²) in [6.45, 7) is 12.1. The van der Waals surface area contributed by atoms with E-state index in [4.69, 9.17) is 14.2 Å². The van der Waals surface area contributed by atoms with Crippen LogP contribution in [0.1, 0.15) is 53.9 Å². The average Bonchev–Trinajstić information content (AvgIpc) is 2.68. The molecular weight excluding hydrogens is 428 g/mol. The number of rotatable bonds is 3. The molecule has 4 aliphatic rings. The molecule has 3 fully saturated rings. The van der Waals surface area contributed by atoms with Gasteiger partial charge in [-0.1, -0.05) is 32.4 Å². The highest BCUT2D eigenvalue weighted by molar-refractivity contribution is 5.96. The zero-order valence-electron chi connectivity index (χ0n) is 19.8. The van der Waals surface area contributed by atoms with E-state index in [1.807, 2.05) is 13.8 Å². The van der Waals surface area contributed by atoms with Gasteiger partial charge in [-0.25, -0.2) is 0 Å². The van der Waals surface area contributed by atoms with E-state index in [9.17, 15) is 24.3 Å². The van der Waals surface area contributed by atoms with E-state index in [0.717, 1.165) is 5.57 Å². The molecule has 0 radical (unpaired) electrons. The molecule has 4 rings (SSSR count). The van der Waals surface area contributed by atoms with Crippen molar-refractivity contribution in [2.24, 2.45) is 28.1 Å². The number of hydrogen-bond acceptors (Lipinski definition) is 8. The summed E-state index contributed by atoms with van der Waals surface area (Å²) in [5, 5.41) is 11.2. The summed E-state index contributed by atoms with van der Waals surface area (Å²) in [7, 11) is 0. The zero-order valence-corrected chi connectivity index (χ0v) is 19.8. The topological polar surface area (TPSA) is 116 Å². The normalized spacial score (nSPS) is 46.2. The predicted octanol–water partition coefficient (Wildman–Crippen LogP) is 2.28. The van der Waals surface area contributed by atoms with Gasteiger partial charge in [0.05, 0.1) is 6.42 Å². The van der Waals surface area contributed by atoms with Crippen molar-refractivity contribution in [1.29, 1.82) is 0 Å². The molecule has 3 aliphatic carbocycles. The SMILES string of the molecule is C=C[C@]1(C)CC2=CC(=O)[C@H]3[C@]4(C)CC(=O)O[C@@H]([C@H]4O)[C@@H](OC(C)=O)[C@@]3(C)[C@@H]2C[C@@H]1OC(C)=O. The minimum Gasteiger partial charge on any atom is -0.462 e. The molecule has 1 N–H and O–H groups in total. The molecule has 33 heavy (non-hydrogen) atoms. The Bertz CT molecular complexity index is 967. The Hall–Kier alpha value is -2.48. The smallest absolute Gasteiger partial charge is 0.306 e. The monoisotopic (exact) mass is 460 g/mol. The number of aliphatic hydroxyl groups excluding tert-OH is 1. The predicted molar refractivity (Wildman–Crippen MR) is 115 cm³/mol. The summed E-state index contributed by atoms with van der Waals surface area (Å²) in [4.78, 5) is 50.1. The summed E-state index contributed by atoms with van der Waals surface area (Å²) >= 11 is 0. The second kappa shape index (κ2) is 7.52. The number of hydrogen-bond donors (Lipinski definition) is 1. The minimum absolute atomic E-state index is 0.114. The van der Waals surface area contributed by atoms with Gasteiger partial charge in [-0.2, -0.15) is 0 Å². The molecule has 0 aromatic carbocycles. The molecule has 8 heteroatoms. The number of carbonyl (C=O) groups excluding carboxylic acids is 4. The molecule has 8 nitrogen and oxygen atoms in total. The number of ketones is 1. The fourth-order valence-electron chi connectivity index (χ4n) is 7.15. The van der Waals surface area contributed by atoms with Gasteiger partial charge in [0.25, 0.3) is 0 Å². The van der Waals surface area contributed by atoms with E-state index in [2.05, 4.69) is 6.58 Å². The molecule has 0 unspecified atom stereocenters. The fourth-order valence-corrected chi connectivity index (χ4v) is 7.15. The van der Waals surface area contributed by atoms with Gasteiger partial charge >= 0.3 is 17.9 Å². The quantitative estimate of drug-likeness (QED) is 0.387. The second-order valence-corrected chi connectivity index (χ2v) is 10.8. The highest BCUT2D eigenvalue weighted by atomic mass is 16.6. The van der Waals surface area contributed by atoms with Gasteiger partial charge in [0.15, 0.2) is 11.9 Å². The second-order valence-electron chi connectivity index (χ2n) is 10.8. The molecule has 0 aromatic rings. The van der Waals surface area contributed by atoms with Gasteiger partial charge in [0, 0.05) is 36.0 Å². The fraction of sp³-hybridized carbons (Fsp3) is 0.680. The molecule has 1 saturated heterocycles. The van der Waals surface area contributed by atoms with Crippen LogP contribution in [0.5, 0.6) is 0 Å². The van der Waals surface area contributed by atoms with E-state index in [0.29, 0.717) is 12.8 Å². The summed E-state index contributed by atoms with van der Waals surface area (Å²) < 4.78 is 17.0. The molecule has 1 aliphatic heterocycles. The summed E-state index contributed by atoms with van der Waals surface area (Å²) in [6.07, 6.45) is 0.307. The Morgan fingerprint density at radius 3 is 2.36 bits per heavy atom.